The van der Waals surface area contributed by atoms with E-state index in [1.807, 2.05) is 49.3 Å². The van der Waals surface area contributed by atoms with Crippen LogP contribution in [0.25, 0.3) is 11.1 Å². The summed E-state index contributed by atoms with van der Waals surface area (Å²) in [5.74, 6) is 0.382. The van der Waals surface area contributed by atoms with Gasteiger partial charge in [0.05, 0.1) is 12.1 Å². The van der Waals surface area contributed by atoms with Crippen LogP contribution in [0.5, 0.6) is 5.75 Å². The number of carbonyl (C=O) groups is 2. The molecule has 0 aliphatic heterocycles. The Bertz CT molecular complexity index is 1060. The molecule has 3 rings (SSSR count). The lowest BCUT2D eigenvalue weighted by Crippen LogP contribution is -2.28. The van der Waals surface area contributed by atoms with E-state index < -0.39 is 5.24 Å². The molecule has 0 aliphatic rings. The first kappa shape index (κ1) is 23.1. The number of amides is 2. The maximum atomic E-state index is 12.5. The van der Waals surface area contributed by atoms with Crippen LogP contribution in [0.15, 0.2) is 71.9 Å². The minimum atomic E-state index is -0.564. The highest BCUT2D eigenvalue weighted by Gasteiger charge is 2.08. The van der Waals surface area contributed by atoms with Crippen LogP contribution in [0.2, 0.25) is 0 Å². The SMILES string of the molecule is CN(C)c1ccc(-c2cncc(C(=O)NCCOc3ccc(SC(=O)NO)cc3)c2)cc1. The molecule has 0 aliphatic carbocycles. The fourth-order valence-corrected chi connectivity index (χ4v) is 3.38. The summed E-state index contributed by atoms with van der Waals surface area (Å²) in [4.78, 5) is 30.5. The van der Waals surface area contributed by atoms with Crippen LogP contribution in [0.1, 0.15) is 10.4 Å². The second kappa shape index (κ2) is 11.2. The molecular weight excluding hydrogens is 428 g/mol. The van der Waals surface area contributed by atoms with Gasteiger partial charge in [-0.2, -0.15) is 0 Å². The Labute approximate surface area is 190 Å². The number of nitrogens with zero attached hydrogens (tertiary/aromatic N) is 2. The van der Waals surface area contributed by atoms with Crippen molar-refractivity contribution in [3.8, 4) is 16.9 Å². The molecule has 2 aromatic carbocycles. The van der Waals surface area contributed by atoms with E-state index in [4.69, 9.17) is 9.94 Å². The Hall–Kier alpha value is -3.56. The number of hydrogen-bond donors (Lipinski definition) is 3. The molecule has 2 amide bonds. The normalized spacial score (nSPS) is 10.3. The second-order valence-electron chi connectivity index (χ2n) is 6.98. The molecule has 8 nitrogen and oxygen atoms in total. The molecule has 0 unspecified atom stereocenters. The number of rotatable bonds is 8. The third-order valence-corrected chi connectivity index (χ3v) is 5.28. The highest BCUT2D eigenvalue weighted by Crippen LogP contribution is 2.23. The summed E-state index contributed by atoms with van der Waals surface area (Å²) in [5, 5.41) is 10.8. The van der Waals surface area contributed by atoms with Crippen LogP contribution >= 0.6 is 11.8 Å². The summed E-state index contributed by atoms with van der Waals surface area (Å²) in [6, 6.07) is 16.7. The van der Waals surface area contributed by atoms with Gasteiger partial charge in [-0.05, 0) is 59.8 Å². The summed E-state index contributed by atoms with van der Waals surface area (Å²) in [6.07, 6.45) is 3.27. The lowest BCUT2D eigenvalue weighted by Gasteiger charge is -2.13. The molecule has 3 N–H and O–H groups in total. The third-order valence-electron chi connectivity index (χ3n) is 4.50. The zero-order valence-electron chi connectivity index (χ0n) is 17.7. The largest absolute Gasteiger partial charge is 0.492 e. The van der Waals surface area contributed by atoms with E-state index in [0.29, 0.717) is 22.8 Å². The molecule has 1 aromatic heterocycles. The van der Waals surface area contributed by atoms with E-state index in [-0.39, 0.29) is 12.5 Å². The van der Waals surface area contributed by atoms with Gasteiger partial charge in [-0.25, -0.2) is 5.48 Å². The standard InChI is InChI=1S/C23H24N4O4S/c1-27(2)19-5-3-16(4-6-19)17-13-18(15-24-14-17)22(28)25-11-12-31-20-7-9-21(10-8-20)32-23(29)26-30/h3-10,13-15,30H,11-12H2,1-2H3,(H,25,28)(H,26,29). The van der Waals surface area contributed by atoms with Crippen LogP contribution in [-0.4, -0.2) is 48.6 Å². The van der Waals surface area contributed by atoms with Gasteiger partial charge in [-0.15, -0.1) is 0 Å². The first-order valence-corrected chi connectivity index (χ1v) is 10.6. The maximum absolute atomic E-state index is 12.5. The summed E-state index contributed by atoms with van der Waals surface area (Å²) in [7, 11) is 3.97. The van der Waals surface area contributed by atoms with Crippen molar-refractivity contribution in [2.45, 2.75) is 4.90 Å². The Morgan fingerprint density at radius 3 is 2.41 bits per heavy atom. The van der Waals surface area contributed by atoms with Crippen LogP contribution in [0.4, 0.5) is 10.5 Å². The Balaban J connectivity index is 1.50. The van der Waals surface area contributed by atoms with Crippen molar-refractivity contribution < 1.29 is 19.5 Å². The topological polar surface area (TPSA) is 104 Å². The monoisotopic (exact) mass is 452 g/mol. The maximum Gasteiger partial charge on any atom is 0.307 e. The fraction of sp³-hybridized carbons (Fsp3) is 0.174. The first-order chi connectivity index (χ1) is 15.5. The van der Waals surface area contributed by atoms with Crippen LogP contribution in [0.3, 0.4) is 0 Å². The first-order valence-electron chi connectivity index (χ1n) is 9.82. The van der Waals surface area contributed by atoms with E-state index in [9.17, 15) is 9.59 Å². The quantitative estimate of drug-likeness (QED) is 0.207. The Morgan fingerprint density at radius 1 is 1.03 bits per heavy atom. The molecule has 0 saturated carbocycles. The smallest absolute Gasteiger partial charge is 0.307 e. The number of hydrogen-bond acceptors (Lipinski definition) is 7. The lowest BCUT2D eigenvalue weighted by atomic mass is 10.1. The molecule has 1 heterocycles. The minimum absolute atomic E-state index is 0.227. The zero-order chi connectivity index (χ0) is 22.9. The predicted molar refractivity (Wildman–Crippen MR) is 124 cm³/mol. The minimum Gasteiger partial charge on any atom is -0.492 e. The van der Waals surface area contributed by atoms with Gasteiger partial charge >= 0.3 is 5.24 Å². The molecule has 0 spiro atoms. The van der Waals surface area contributed by atoms with Gasteiger partial charge in [0.2, 0.25) is 0 Å². The summed E-state index contributed by atoms with van der Waals surface area (Å²) < 4.78 is 5.61. The van der Waals surface area contributed by atoms with Crippen molar-refractivity contribution >= 4 is 28.6 Å². The van der Waals surface area contributed by atoms with Crippen molar-refractivity contribution in [1.82, 2.24) is 15.8 Å². The zero-order valence-corrected chi connectivity index (χ0v) is 18.6. The highest BCUT2D eigenvalue weighted by molar-refractivity contribution is 8.13. The molecule has 0 fully saturated rings. The van der Waals surface area contributed by atoms with Crippen molar-refractivity contribution in [3.05, 3.63) is 72.6 Å². The number of nitrogens with one attached hydrogen (secondary N) is 2. The number of pyridine rings is 1. The number of anilines is 1. The van der Waals surface area contributed by atoms with Crippen LogP contribution in [0, 0.1) is 0 Å². The molecule has 0 radical (unpaired) electrons. The van der Waals surface area contributed by atoms with E-state index in [1.54, 1.807) is 35.9 Å². The number of hydroxylamine groups is 1. The average Bonchev–Trinajstić information content (AvgIpc) is 2.82. The molecule has 0 saturated heterocycles. The van der Waals surface area contributed by atoms with Crippen LogP contribution < -0.4 is 20.4 Å². The number of ether oxygens (including phenoxy) is 1. The molecule has 0 bridgehead atoms. The summed E-state index contributed by atoms with van der Waals surface area (Å²) in [5.41, 5.74) is 4.98. The fourth-order valence-electron chi connectivity index (χ4n) is 2.84. The third kappa shape index (κ3) is 6.47. The van der Waals surface area contributed by atoms with E-state index >= 15 is 0 Å². The number of thioether (sulfide) groups is 1. The van der Waals surface area contributed by atoms with Gasteiger partial charge in [-0.3, -0.25) is 19.8 Å². The predicted octanol–water partition coefficient (Wildman–Crippen LogP) is 3.81. The van der Waals surface area contributed by atoms with Gasteiger partial charge in [0.15, 0.2) is 0 Å². The molecule has 166 valence electrons. The van der Waals surface area contributed by atoms with Crippen LogP contribution in [-0.2, 0) is 0 Å². The van der Waals surface area contributed by atoms with E-state index in [1.165, 1.54) is 6.20 Å². The van der Waals surface area contributed by atoms with Gasteiger partial charge in [0, 0.05) is 42.6 Å². The Kier molecular flexibility index (Phi) is 8.07. The van der Waals surface area contributed by atoms with Gasteiger partial charge < -0.3 is 15.0 Å². The van der Waals surface area contributed by atoms with Crippen molar-refractivity contribution in [2.24, 2.45) is 0 Å². The lowest BCUT2D eigenvalue weighted by molar-refractivity contribution is 0.0946. The second-order valence-corrected chi connectivity index (χ2v) is 8.03. The highest BCUT2D eigenvalue weighted by atomic mass is 32.2. The molecule has 32 heavy (non-hydrogen) atoms. The summed E-state index contributed by atoms with van der Waals surface area (Å²) in [6.45, 7) is 0.610. The molecule has 3 aromatic rings. The average molecular weight is 453 g/mol. The number of aromatic nitrogens is 1. The van der Waals surface area contributed by atoms with Crippen molar-refractivity contribution in [1.29, 1.82) is 0 Å². The van der Waals surface area contributed by atoms with Crippen molar-refractivity contribution in [2.75, 3.05) is 32.1 Å². The number of carbonyl (C=O) groups excluding carboxylic acids is 2. The van der Waals surface area contributed by atoms with E-state index in [2.05, 4.69) is 10.3 Å². The van der Waals surface area contributed by atoms with Crippen molar-refractivity contribution in [3.63, 3.8) is 0 Å². The van der Waals surface area contributed by atoms with Gasteiger partial charge in [-0.1, -0.05) is 12.1 Å². The molecular formula is C23H24N4O4S. The number of benzene rings is 2. The van der Waals surface area contributed by atoms with Gasteiger partial charge in [0.25, 0.3) is 5.91 Å². The Morgan fingerprint density at radius 2 is 1.75 bits per heavy atom. The molecule has 9 heteroatoms. The van der Waals surface area contributed by atoms with E-state index in [0.717, 1.165) is 28.6 Å². The molecule has 0 atom stereocenters. The summed E-state index contributed by atoms with van der Waals surface area (Å²) >= 11 is 0.863. The van der Waals surface area contributed by atoms with Gasteiger partial charge in [0.1, 0.15) is 12.4 Å².